The van der Waals surface area contributed by atoms with Crippen LogP contribution in [0, 0.1) is 5.92 Å². The van der Waals surface area contributed by atoms with E-state index in [1.165, 1.54) is 0 Å². The van der Waals surface area contributed by atoms with Crippen molar-refractivity contribution in [1.29, 1.82) is 0 Å². The minimum absolute atomic E-state index is 0.0516. The summed E-state index contributed by atoms with van der Waals surface area (Å²) in [5.41, 5.74) is 0.587. The Balaban J connectivity index is 3.05. The first kappa shape index (κ1) is 12.3. The van der Waals surface area contributed by atoms with Gasteiger partial charge in [0.05, 0.1) is 0 Å². The molecule has 0 N–H and O–H groups in total. The zero-order valence-electron chi connectivity index (χ0n) is 9.67. The van der Waals surface area contributed by atoms with E-state index in [1.54, 1.807) is 0 Å². The van der Waals surface area contributed by atoms with Gasteiger partial charge in [0.25, 0.3) is 0 Å². The molecule has 2 heteroatoms. The summed E-state index contributed by atoms with van der Waals surface area (Å²) in [6.45, 7) is 7.77. The van der Waals surface area contributed by atoms with Crippen LogP contribution < -0.4 is 0 Å². The molecule has 0 heterocycles. The maximum Gasteiger partial charge on any atom is 0.145 e. The van der Waals surface area contributed by atoms with Gasteiger partial charge in [-0.05, 0) is 31.5 Å². The van der Waals surface area contributed by atoms with Gasteiger partial charge in [-0.15, -0.1) is 0 Å². The summed E-state index contributed by atoms with van der Waals surface area (Å²) in [5.74, 6) is 0.306. The molecule has 1 aromatic carbocycles. The number of halogens is 1. The zero-order chi connectivity index (χ0) is 11.6. The van der Waals surface area contributed by atoms with Crippen molar-refractivity contribution in [3.63, 3.8) is 0 Å². The highest BCUT2D eigenvalue weighted by Crippen LogP contribution is 2.28. The number of rotatable bonds is 3. The number of hydrogen-bond donors (Lipinski definition) is 0. The van der Waals surface area contributed by atoms with Crippen LogP contribution >= 0.6 is 11.6 Å². The number of carbonyl (C=O) groups excluding carboxylic acids is 1. The van der Waals surface area contributed by atoms with Gasteiger partial charge >= 0.3 is 0 Å². The molecule has 0 aliphatic heterocycles. The lowest BCUT2D eigenvalue weighted by Crippen LogP contribution is -2.32. The summed E-state index contributed by atoms with van der Waals surface area (Å²) < 4.78 is 0. The van der Waals surface area contributed by atoms with E-state index in [0.29, 0.717) is 5.02 Å². The molecule has 1 rings (SSSR count). The molecule has 0 spiro atoms. The highest BCUT2D eigenvalue weighted by atomic mass is 35.5. The van der Waals surface area contributed by atoms with Crippen molar-refractivity contribution < 1.29 is 4.79 Å². The molecule has 0 bridgehead atoms. The van der Waals surface area contributed by atoms with Crippen molar-refractivity contribution >= 4 is 17.4 Å². The van der Waals surface area contributed by atoms with Gasteiger partial charge in [0.15, 0.2) is 0 Å². The normalized spacial score (nSPS) is 11.9. The van der Waals surface area contributed by atoms with Crippen LogP contribution in [0.25, 0.3) is 0 Å². The van der Waals surface area contributed by atoms with Crippen molar-refractivity contribution in [1.82, 2.24) is 0 Å². The van der Waals surface area contributed by atoms with Crippen LogP contribution in [0.2, 0.25) is 5.02 Å². The lowest BCUT2D eigenvalue weighted by Gasteiger charge is -2.25. The molecule has 0 amide bonds. The van der Waals surface area contributed by atoms with Crippen LogP contribution in [-0.2, 0) is 10.2 Å². The van der Waals surface area contributed by atoms with E-state index in [4.69, 9.17) is 11.6 Å². The predicted octanol–water partition coefficient (Wildman–Crippen LogP) is 3.84. The molecule has 0 saturated carbocycles. The minimum atomic E-state index is -0.432. The van der Waals surface area contributed by atoms with Crippen LogP contribution in [0.3, 0.4) is 0 Å². The van der Waals surface area contributed by atoms with Crippen molar-refractivity contribution in [2.24, 2.45) is 5.92 Å². The van der Waals surface area contributed by atoms with Gasteiger partial charge in [-0.1, -0.05) is 37.6 Å². The third-order valence-electron chi connectivity index (χ3n) is 2.71. The largest absolute Gasteiger partial charge is 0.298 e. The molecule has 1 aromatic rings. The zero-order valence-corrected chi connectivity index (χ0v) is 10.4. The minimum Gasteiger partial charge on any atom is -0.298 e. The summed E-state index contributed by atoms with van der Waals surface area (Å²) in [6.07, 6.45) is 0. The van der Waals surface area contributed by atoms with Crippen LogP contribution in [0.5, 0.6) is 0 Å². The fraction of sp³-hybridized carbons (Fsp3) is 0.462. The molecule has 0 aliphatic carbocycles. The maximum atomic E-state index is 12.0. The fourth-order valence-electron chi connectivity index (χ4n) is 1.73. The quantitative estimate of drug-likeness (QED) is 0.763. The summed E-state index contributed by atoms with van der Waals surface area (Å²) in [4.78, 5) is 12.0. The van der Waals surface area contributed by atoms with E-state index in [-0.39, 0.29) is 11.7 Å². The number of ketones is 1. The first-order valence-corrected chi connectivity index (χ1v) is 5.54. The van der Waals surface area contributed by atoms with E-state index in [0.717, 1.165) is 5.56 Å². The highest BCUT2D eigenvalue weighted by Gasteiger charge is 2.30. The lowest BCUT2D eigenvalue weighted by molar-refractivity contribution is -0.126. The number of carbonyl (C=O) groups is 1. The first-order valence-electron chi connectivity index (χ1n) is 5.16. The molecule has 0 unspecified atom stereocenters. The Kier molecular flexibility index (Phi) is 3.56. The first-order chi connectivity index (χ1) is 6.85. The van der Waals surface area contributed by atoms with E-state index >= 15 is 0 Å². The van der Waals surface area contributed by atoms with Crippen LogP contribution in [-0.4, -0.2) is 5.78 Å². The molecular formula is C13H17ClO. The van der Waals surface area contributed by atoms with Crippen molar-refractivity contribution in [3.8, 4) is 0 Å². The monoisotopic (exact) mass is 224 g/mol. The Morgan fingerprint density at radius 2 is 1.67 bits per heavy atom. The van der Waals surface area contributed by atoms with Gasteiger partial charge in [-0.3, -0.25) is 4.79 Å². The van der Waals surface area contributed by atoms with Crippen molar-refractivity contribution in [2.75, 3.05) is 0 Å². The Labute approximate surface area is 96.5 Å². The summed E-state index contributed by atoms with van der Waals surface area (Å²) in [7, 11) is 0. The fourth-order valence-corrected chi connectivity index (χ4v) is 1.86. The highest BCUT2D eigenvalue weighted by molar-refractivity contribution is 6.30. The Hall–Kier alpha value is -0.820. The second kappa shape index (κ2) is 4.36. The summed E-state index contributed by atoms with van der Waals surface area (Å²) in [6, 6.07) is 7.49. The topological polar surface area (TPSA) is 17.1 Å². The van der Waals surface area contributed by atoms with Gasteiger partial charge < -0.3 is 0 Å². The molecule has 0 atom stereocenters. The smallest absolute Gasteiger partial charge is 0.145 e. The van der Waals surface area contributed by atoms with Crippen LogP contribution in [0.1, 0.15) is 33.3 Å². The standard InChI is InChI=1S/C13H17ClO/c1-9(2)12(15)13(3,4)10-5-7-11(14)8-6-10/h5-9H,1-4H3. The number of Topliss-reactive ketones (excluding diaryl/α,β-unsaturated/α-hetero) is 1. The molecular weight excluding hydrogens is 208 g/mol. The molecule has 1 nitrogen and oxygen atoms in total. The average molecular weight is 225 g/mol. The second-order valence-electron chi connectivity index (χ2n) is 4.65. The molecule has 0 radical (unpaired) electrons. The summed E-state index contributed by atoms with van der Waals surface area (Å²) in [5, 5.41) is 0.701. The number of hydrogen-bond acceptors (Lipinski definition) is 1. The molecule has 0 aromatic heterocycles. The Bertz CT molecular complexity index is 349. The lowest BCUT2D eigenvalue weighted by atomic mass is 9.77. The number of benzene rings is 1. The van der Waals surface area contributed by atoms with Crippen molar-refractivity contribution in [2.45, 2.75) is 33.1 Å². The Morgan fingerprint density at radius 1 is 1.20 bits per heavy atom. The predicted molar refractivity (Wildman–Crippen MR) is 64.3 cm³/mol. The molecule has 0 saturated heterocycles. The van der Waals surface area contributed by atoms with E-state index < -0.39 is 5.41 Å². The van der Waals surface area contributed by atoms with Crippen molar-refractivity contribution in [3.05, 3.63) is 34.9 Å². The molecule has 15 heavy (non-hydrogen) atoms. The van der Waals surface area contributed by atoms with E-state index in [9.17, 15) is 4.79 Å². The maximum absolute atomic E-state index is 12.0. The third kappa shape index (κ3) is 2.60. The van der Waals surface area contributed by atoms with Gasteiger partial charge in [0.1, 0.15) is 5.78 Å². The van der Waals surface area contributed by atoms with Gasteiger partial charge in [-0.2, -0.15) is 0 Å². The van der Waals surface area contributed by atoms with Crippen LogP contribution in [0.4, 0.5) is 0 Å². The molecule has 82 valence electrons. The Morgan fingerprint density at radius 3 is 2.07 bits per heavy atom. The van der Waals surface area contributed by atoms with Gasteiger partial charge in [-0.25, -0.2) is 0 Å². The van der Waals surface area contributed by atoms with E-state index in [2.05, 4.69) is 0 Å². The van der Waals surface area contributed by atoms with Gasteiger partial charge in [0, 0.05) is 16.4 Å². The SMILES string of the molecule is CC(C)C(=O)C(C)(C)c1ccc(Cl)cc1. The van der Waals surface area contributed by atoms with E-state index in [1.807, 2.05) is 52.0 Å². The second-order valence-corrected chi connectivity index (χ2v) is 5.09. The van der Waals surface area contributed by atoms with Gasteiger partial charge in [0.2, 0.25) is 0 Å². The molecule has 0 fully saturated rings. The van der Waals surface area contributed by atoms with Crippen LogP contribution in [0.15, 0.2) is 24.3 Å². The third-order valence-corrected chi connectivity index (χ3v) is 2.96. The summed E-state index contributed by atoms with van der Waals surface area (Å²) >= 11 is 5.82. The molecule has 0 aliphatic rings. The average Bonchev–Trinajstić information content (AvgIpc) is 2.17.